The van der Waals surface area contributed by atoms with Crippen LogP contribution in [-0.4, -0.2) is 11.5 Å². The van der Waals surface area contributed by atoms with Crippen LogP contribution in [-0.2, 0) is 11.2 Å². The maximum Gasteiger partial charge on any atom is 0.267 e. The molecular weight excluding hydrogens is 425 g/mol. The molecule has 0 radical (unpaired) electrons. The lowest BCUT2D eigenvalue weighted by atomic mass is 10.1. The molecule has 0 unspecified atom stereocenters. The maximum absolute atomic E-state index is 12.6. The summed E-state index contributed by atoms with van der Waals surface area (Å²) in [5.41, 5.74) is 0.931. The van der Waals surface area contributed by atoms with E-state index in [9.17, 15) is 4.79 Å². The number of hydrogen-bond acceptors (Lipinski definition) is 2. The number of aryl methyl sites for hydroxylation is 1. The Morgan fingerprint density at radius 3 is 2.48 bits per heavy atom. The lowest BCUT2D eigenvalue weighted by Crippen LogP contribution is -2.42. The summed E-state index contributed by atoms with van der Waals surface area (Å²) in [4.78, 5) is 12.6. The number of nitrogens with one attached hydrogen (secondary N) is 1. The summed E-state index contributed by atoms with van der Waals surface area (Å²) in [6.07, 6.45) is 0.852. The third-order valence-corrected chi connectivity index (χ3v) is 4.35. The highest BCUT2D eigenvalue weighted by Crippen LogP contribution is 2.24. The molecule has 23 heavy (non-hydrogen) atoms. The summed E-state index contributed by atoms with van der Waals surface area (Å²) in [5.74, 6) is 0.413. The van der Waals surface area contributed by atoms with E-state index in [1.54, 1.807) is 38.1 Å². The number of ether oxygens (including phenoxy) is 1. The van der Waals surface area contributed by atoms with Crippen molar-refractivity contribution in [1.82, 2.24) is 0 Å². The van der Waals surface area contributed by atoms with E-state index in [0.717, 1.165) is 21.2 Å². The lowest BCUT2D eigenvalue weighted by molar-refractivity contribution is -0.128. The van der Waals surface area contributed by atoms with Crippen molar-refractivity contribution in [3.63, 3.8) is 0 Å². The van der Waals surface area contributed by atoms with Crippen molar-refractivity contribution < 1.29 is 9.53 Å². The molecule has 1 amide bonds. The molecule has 0 saturated heterocycles. The standard InChI is InChI=1S/C18H19ClINO2/c1-4-12-11-14(20)7-10-16(12)21-17(22)18(2,3)23-15-8-5-13(19)6-9-15/h5-11H,4H2,1-3H3,(H,21,22). The molecule has 5 heteroatoms. The average Bonchev–Trinajstić information content (AvgIpc) is 2.51. The van der Waals surface area contributed by atoms with Crippen molar-refractivity contribution in [2.75, 3.05) is 5.32 Å². The Kier molecular flexibility index (Phi) is 5.92. The van der Waals surface area contributed by atoms with Gasteiger partial charge in [0.05, 0.1) is 0 Å². The predicted octanol–water partition coefficient (Wildman–Crippen LogP) is 5.30. The molecule has 0 aliphatic carbocycles. The van der Waals surface area contributed by atoms with Crippen molar-refractivity contribution in [3.05, 3.63) is 56.6 Å². The zero-order valence-corrected chi connectivity index (χ0v) is 16.2. The average molecular weight is 444 g/mol. The molecule has 0 heterocycles. The van der Waals surface area contributed by atoms with E-state index >= 15 is 0 Å². The van der Waals surface area contributed by atoms with E-state index in [4.69, 9.17) is 16.3 Å². The molecule has 122 valence electrons. The number of carbonyl (C=O) groups is 1. The van der Waals surface area contributed by atoms with Crippen molar-refractivity contribution >= 4 is 45.8 Å². The first kappa shape index (κ1) is 18.1. The van der Waals surface area contributed by atoms with Gasteiger partial charge in [-0.05, 0) is 90.9 Å². The summed E-state index contributed by atoms with van der Waals surface area (Å²) < 4.78 is 6.96. The van der Waals surface area contributed by atoms with Crippen molar-refractivity contribution in [2.45, 2.75) is 32.8 Å². The van der Waals surface area contributed by atoms with Crippen LogP contribution in [0, 0.1) is 3.57 Å². The van der Waals surface area contributed by atoms with E-state index in [2.05, 4.69) is 40.9 Å². The van der Waals surface area contributed by atoms with Gasteiger partial charge in [-0.3, -0.25) is 4.79 Å². The van der Waals surface area contributed by atoms with E-state index in [0.29, 0.717) is 10.8 Å². The molecule has 3 nitrogen and oxygen atoms in total. The topological polar surface area (TPSA) is 38.3 Å². The Hall–Kier alpha value is -1.27. The van der Waals surface area contributed by atoms with E-state index in [1.165, 1.54) is 0 Å². The minimum atomic E-state index is -0.998. The van der Waals surface area contributed by atoms with Gasteiger partial charge in [0.2, 0.25) is 0 Å². The van der Waals surface area contributed by atoms with Crippen LogP contribution in [0.1, 0.15) is 26.3 Å². The summed E-state index contributed by atoms with van der Waals surface area (Å²) in [6, 6.07) is 12.9. The molecule has 0 aliphatic rings. The van der Waals surface area contributed by atoms with Crippen LogP contribution >= 0.6 is 34.2 Å². The fourth-order valence-electron chi connectivity index (χ4n) is 2.09. The van der Waals surface area contributed by atoms with Crippen molar-refractivity contribution in [3.8, 4) is 5.75 Å². The van der Waals surface area contributed by atoms with Gasteiger partial charge in [0.15, 0.2) is 5.60 Å². The van der Waals surface area contributed by atoms with Crippen LogP contribution in [0.3, 0.4) is 0 Å². The highest BCUT2D eigenvalue weighted by Gasteiger charge is 2.30. The molecule has 0 aliphatic heterocycles. The van der Waals surface area contributed by atoms with E-state index < -0.39 is 5.60 Å². The molecule has 0 spiro atoms. The Morgan fingerprint density at radius 1 is 1.22 bits per heavy atom. The lowest BCUT2D eigenvalue weighted by Gasteiger charge is -2.26. The Bertz CT molecular complexity index is 699. The number of rotatable bonds is 5. The van der Waals surface area contributed by atoms with Gasteiger partial charge in [-0.2, -0.15) is 0 Å². The fourth-order valence-corrected chi connectivity index (χ4v) is 2.77. The van der Waals surface area contributed by atoms with Gasteiger partial charge in [-0.25, -0.2) is 0 Å². The molecule has 2 aromatic rings. The molecule has 0 bridgehead atoms. The van der Waals surface area contributed by atoms with Crippen LogP contribution in [0.2, 0.25) is 5.02 Å². The zero-order chi connectivity index (χ0) is 17.0. The van der Waals surface area contributed by atoms with Gasteiger partial charge in [-0.1, -0.05) is 18.5 Å². The second-order valence-electron chi connectivity index (χ2n) is 5.68. The SMILES string of the molecule is CCc1cc(I)ccc1NC(=O)C(C)(C)Oc1ccc(Cl)cc1. The molecule has 0 fully saturated rings. The normalized spacial score (nSPS) is 11.2. The van der Waals surface area contributed by atoms with Crippen LogP contribution in [0.5, 0.6) is 5.75 Å². The highest BCUT2D eigenvalue weighted by molar-refractivity contribution is 14.1. The Morgan fingerprint density at radius 2 is 1.87 bits per heavy atom. The first-order valence-corrected chi connectivity index (χ1v) is 8.82. The second kappa shape index (κ2) is 7.53. The monoisotopic (exact) mass is 443 g/mol. The van der Waals surface area contributed by atoms with Crippen LogP contribution in [0.4, 0.5) is 5.69 Å². The number of hydrogen-bond donors (Lipinski definition) is 1. The predicted molar refractivity (Wildman–Crippen MR) is 103 cm³/mol. The van der Waals surface area contributed by atoms with E-state index in [-0.39, 0.29) is 5.91 Å². The minimum absolute atomic E-state index is 0.191. The summed E-state index contributed by atoms with van der Waals surface area (Å²) in [6.45, 7) is 5.56. The Labute approximate surface area is 155 Å². The van der Waals surface area contributed by atoms with Gasteiger partial charge in [0.25, 0.3) is 5.91 Å². The largest absolute Gasteiger partial charge is 0.478 e. The molecule has 2 aromatic carbocycles. The second-order valence-corrected chi connectivity index (χ2v) is 7.36. The summed E-state index contributed by atoms with van der Waals surface area (Å²) >= 11 is 8.13. The number of benzene rings is 2. The summed E-state index contributed by atoms with van der Waals surface area (Å²) in [5, 5.41) is 3.60. The van der Waals surface area contributed by atoms with Gasteiger partial charge in [0.1, 0.15) is 5.75 Å². The third-order valence-electron chi connectivity index (χ3n) is 3.43. The Balaban J connectivity index is 2.13. The first-order chi connectivity index (χ1) is 10.8. The zero-order valence-electron chi connectivity index (χ0n) is 13.3. The molecular formula is C18H19ClINO2. The number of anilines is 1. The van der Waals surface area contributed by atoms with Gasteiger partial charge in [0, 0.05) is 14.3 Å². The number of halogens is 2. The third kappa shape index (κ3) is 4.85. The van der Waals surface area contributed by atoms with Gasteiger partial charge >= 0.3 is 0 Å². The van der Waals surface area contributed by atoms with Gasteiger partial charge < -0.3 is 10.1 Å². The van der Waals surface area contributed by atoms with Crippen LogP contribution < -0.4 is 10.1 Å². The quantitative estimate of drug-likeness (QED) is 0.637. The number of carbonyl (C=O) groups excluding carboxylic acids is 1. The fraction of sp³-hybridized carbons (Fsp3) is 0.278. The number of amides is 1. The van der Waals surface area contributed by atoms with Crippen molar-refractivity contribution in [2.24, 2.45) is 0 Å². The first-order valence-electron chi connectivity index (χ1n) is 7.36. The van der Waals surface area contributed by atoms with Crippen LogP contribution in [0.25, 0.3) is 0 Å². The van der Waals surface area contributed by atoms with Gasteiger partial charge in [-0.15, -0.1) is 0 Å². The minimum Gasteiger partial charge on any atom is -0.478 e. The molecule has 0 aromatic heterocycles. The smallest absolute Gasteiger partial charge is 0.267 e. The summed E-state index contributed by atoms with van der Waals surface area (Å²) in [7, 11) is 0. The molecule has 0 atom stereocenters. The van der Waals surface area contributed by atoms with Crippen molar-refractivity contribution in [1.29, 1.82) is 0 Å². The van der Waals surface area contributed by atoms with E-state index in [1.807, 2.05) is 12.1 Å². The highest BCUT2D eigenvalue weighted by atomic mass is 127. The maximum atomic E-state index is 12.6. The molecule has 2 rings (SSSR count). The van der Waals surface area contributed by atoms with Crippen LogP contribution in [0.15, 0.2) is 42.5 Å². The molecule has 1 N–H and O–H groups in total. The molecule has 0 saturated carbocycles.